The molecule has 1 N–H and O–H groups in total. The van der Waals surface area contributed by atoms with Gasteiger partial charge >= 0.3 is 12.1 Å². The number of hydrogen-bond acceptors (Lipinski definition) is 2. The second-order valence-corrected chi connectivity index (χ2v) is 3.26. The first-order valence-electron chi connectivity index (χ1n) is 4.55. The molecule has 0 unspecified atom stereocenters. The van der Waals surface area contributed by atoms with Crippen LogP contribution in [0.15, 0.2) is 0 Å². The first-order chi connectivity index (χ1) is 6.46. The lowest BCUT2D eigenvalue weighted by molar-refractivity contribution is -0.188. The zero-order valence-corrected chi connectivity index (χ0v) is 7.90. The van der Waals surface area contributed by atoms with Gasteiger partial charge in [-0.3, -0.25) is 4.79 Å². The van der Waals surface area contributed by atoms with Crippen molar-refractivity contribution in [1.82, 2.24) is 10.2 Å². The number of carbonyl (C=O) groups excluding carboxylic acids is 1. The van der Waals surface area contributed by atoms with Crippen LogP contribution in [-0.2, 0) is 4.79 Å². The Balaban J connectivity index is 2.69. The van der Waals surface area contributed by atoms with Crippen LogP contribution in [0.25, 0.3) is 0 Å². The highest BCUT2D eigenvalue weighted by Gasteiger charge is 2.44. The predicted molar refractivity (Wildman–Crippen MR) is 44.7 cm³/mol. The molecule has 6 heteroatoms. The Morgan fingerprint density at radius 2 is 2.21 bits per heavy atom. The van der Waals surface area contributed by atoms with Crippen LogP contribution in [0, 0.1) is 0 Å². The zero-order valence-electron chi connectivity index (χ0n) is 7.90. The fourth-order valence-electron chi connectivity index (χ4n) is 1.56. The summed E-state index contributed by atoms with van der Waals surface area (Å²) in [7, 11) is 0. The molecule has 1 rings (SSSR count). The molecule has 0 aromatic heterocycles. The maximum atomic E-state index is 12.1. The Morgan fingerprint density at radius 1 is 1.57 bits per heavy atom. The maximum Gasteiger partial charge on any atom is 0.471 e. The van der Waals surface area contributed by atoms with E-state index in [-0.39, 0.29) is 12.6 Å². The van der Waals surface area contributed by atoms with Crippen LogP contribution < -0.4 is 5.32 Å². The SMILES string of the molecule is CC[C@@H]1CNCCN1C(=O)C(F)(F)F. The van der Waals surface area contributed by atoms with E-state index < -0.39 is 12.1 Å². The van der Waals surface area contributed by atoms with E-state index in [9.17, 15) is 18.0 Å². The minimum atomic E-state index is -4.75. The minimum absolute atomic E-state index is 0.136. The fraction of sp³-hybridized carbons (Fsp3) is 0.875. The van der Waals surface area contributed by atoms with Gasteiger partial charge < -0.3 is 10.2 Å². The van der Waals surface area contributed by atoms with Gasteiger partial charge in [0.05, 0.1) is 0 Å². The summed E-state index contributed by atoms with van der Waals surface area (Å²) in [6.07, 6.45) is -4.21. The van der Waals surface area contributed by atoms with E-state index >= 15 is 0 Å². The van der Waals surface area contributed by atoms with Gasteiger partial charge in [-0.25, -0.2) is 0 Å². The molecule has 1 amide bonds. The molecule has 14 heavy (non-hydrogen) atoms. The summed E-state index contributed by atoms with van der Waals surface area (Å²) in [6, 6.07) is -0.335. The van der Waals surface area contributed by atoms with E-state index in [0.29, 0.717) is 19.5 Å². The first kappa shape index (κ1) is 11.3. The average Bonchev–Trinajstić information content (AvgIpc) is 2.15. The molecule has 1 atom stereocenters. The van der Waals surface area contributed by atoms with Gasteiger partial charge in [-0.1, -0.05) is 6.92 Å². The molecule has 0 aromatic rings. The third-order valence-electron chi connectivity index (χ3n) is 2.32. The molecule has 0 aromatic carbocycles. The second-order valence-electron chi connectivity index (χ2n) is 3.26. The molecule has 0 radical (unpaired) electrons. The second kappa shape index (κ2) is 4.16. The Kier molecular flexibility index (Phi) is 3.36. The summed E-state index contributed by atoms with van der Waals surface area (Å²) in [4.78, 5) is 11.9. The predicted octanol–water partition coefficient (Wildman–Crippen LogP) is 0.759. The molecule has 0 spiro atoms. The monoisotopic (exact) mass is 210 g/mol. The van der Waals surface area contributed by atoms with Crippen molar-refractivity contribution in [3.05, 3.63) is 0 Å². The van der Waals surface area contributed by atoms with Gasteiger partial charge in [-0.05, 0) is 6.42 Å². The van der Waals surface area contributed by atoms with Gasteiger partial charge in [0.25, 0.3) is 0 Å². The Labute approximate surface area is 80.3 Å². The van der Waals surface area contributed by atoms with Crippen LogP contribution >= 0.6 is 0 Å². The number of hydrogen-bond donors (Lipinski definition) is 1. The molecule has 1 saturated heterocycles. The number of nitrogens with zero attached hydrogens (tertiary/aromatic N) is 1. The van der Waals surface area contributed by atoms with Gasteiger partial charge in [-0.15, -0.1) is 0 Å². The van der Waals surface area contributed by atoms with Crippen LogP contribution in [0.1, 0.15) is 13.3 Å². The topological polar surface area (TPSA) is 32.3 Å². The number of carbonyl (C=O) groups is 1. The normalized spacial score (nSPS) is 23.7. The molecule has 1 aliphatic rings. The number of piperazine rings is 1. The largest absolute Gasteiger partial charge is 0.471 e. The minimum Gasteiger partial charge on any atom is -0.329 e. The van der Waals surface area contributed by atoms with Crippen molar-refractivity contribution < 1.29 is 18.0 Å². The smallest absolute Gasteiger partial charge is 0.329 e. The highest BCUT2D eigenvalue weighted by molar-refractivity contribution is 5.82. The zero-order chi connectivity index (χ0) is 10.8. The van der Waals surface area contributed by atoms with E-state index in [0.717, 1.165) is 4.90 Å². The van der Waals surface area contributed by atoms with Crippen molar-refractivity contribution in [3.8, 4) is 0 Å². The summed E-state index contributed by atoms with van der Waals surface area (Å²) in [6.45, 7) is 2.78. The van der Waals surface area contributed by atoms with Gasteiger partial charge in [0, 0.05) is 25.7 Å². The summed E-state index contributed by atoms with van der Waals surface area (Å²) in [5, 5.41) is 2.96. The summed E-state index contributed by atoms with van der Waals surface area (Å²) in [5.41, 5.74) is 0. The molecular formula is C8H13F3N2O. The third-order valence-corrected chi connectivity index (χ3v) is 2.32. The van der Waals surface area contributed by atoms with Crippen LogP contribution in [0.3, 0.4) is 0 Å². The Hall–Kier alpha value is -0.780. The number of nitrogens with one attached hydrogen (secondary N) is 1. The molecule has 0 bridgehead atoms. The lowest BCUT2D eigenvalue weighted by Crippen LogP contribution is -2.56. The van der Waals surface area contributed by atoms with Gasteiger partial charge in [0.2, 0.25) is 0 Å². The summed E-state index contributed by atoms with van der Waals surface area (Å²) < 4.78 is 36.4. The molecule has 0 saturated carbocycles. The number of amides is 1. The van der Waals surface area contributed by atoms with Crippen molar-refractivity contribution >= 4 is 5.91 Å². The molecule has 82 valence electrons. The van der Waals surface area contributed by atoms with Gasteiger partial charge in [0.1, 0.15) is 0 Å². The standard InChI is InChI=1S/C8H13F3N2O/c1-2-6-5-12-3-4-13(6)7(14)8(9,10)11/h6,12H,2-5H2,1H3/t6-/m1/s1. The van der Waals surface area contributed by atoms with Crippen molar-refractivity contribution in [1.29, 1.82) is 0 Å². The van der Waals surface area contributed by atoms with Crippen LogP contribution in [0.5, 0.6) is 0 Å². The highest BCUT2D eigenvalue weighted by atomic mass is 19.4. The summed E-state index contributed by atoms with van der Waals surface area (Å²) >= 11 is 0. The van der Waals surface area contributed by atoms with Crippen molar-refractivity contribution in [3.63, 3.8) is 0 Å². The van der Waals surface area contributed by atoms with E-state index in [2.05, 4.69) is 5.32 Å². The van der Waals surface area contributed by atoms with Crippen LogP contribution in [0.2, 0.25) is 0 Å². The van der Waals surface area contributed by atoms with Crippen LogP contribution in [-0.4, -0.2) is 42.7 Å². The van der Waals surface area contributed by atoms with E-state index in [1.54, 1.807) is 6.92 Å². The van der Waals surface area contributed by atoms with Crippen molar-refractivity contribution in [2.75, 3.05) is 19.6 Å². The molecule has 1 heterocycles. The Bertz CT molecular complexity index is 217. The Morgan fingerprint density at radius 3 is 2.71 bits per heavy atom. The maximum absolute atomic E-state index is 12.1. The summed E-state index contributed by atoms with van der Waals surface area (Å²) in [5.74, 6) is -1.72. The molecule has 1 aliphatic heterocycles. The van der Waals surface area contributed by atoms with E-state index in [4.69, 9.17) is 0 Å². The highest BCUT2D eigenvalue weighted by Crippen LogP contribution is 2.21. The molecule has 3 nitrogen and oxygen atoms in total. The number of rotatable bonds is 1. The van der Waals surface area contributed by atoms with Crippen molar-refractivity contribution in [2.45, 2.75) is 25.6 Å². The fourth-order valence-corrected chi connectivity index (χ4v) is 1.56. The molecule has 1 fully saturated rings. The van der Waals surface area contributed by atoms with Crippen LogP contribution in [0.4, 0.5) is 13.2 Å². The quantitative estimate of drug-likeness (QED) is 0.693. The first-order valence-corrected chi connectivity index (χ1v) is 4.55. The third kappa shape index (κ3) is 2.37. The van der Waals surface area contributed by atoms with Gasteiger partial charge in [0.15, 0.2) is 0 Å². The number of alkyl halides is 3. The van der Waals surface area contributed by atoms with E-state index in [1.165, 1.54) is 0 Å². The lowest BCUT2D eigenvalue weighted by Gasteiger charge is -2.35. The van der Waals surface area contributed by atoms with Gasteiger partial charge in [-0.2, -0.15) is 13.2 Å². The van der Waals surface area contributed by atoms with E-state index in [1.807, 2.05) is 0 Å². The van der Waals surface area contributed by atoms with Crippen molar-refractivity contribution in [2.24, 2.45) is 0 Å². The lowest BCUT2D eigenvalue weighted by atomic mass is 10.1. The number of halogens is 3. The average molecular weight is 210 g/mol. The molecular weight excluding hydrogens is 197 g/mol. The molecule has 0 aliphatic carbocycles.